The normalized spacial score (nSPS) is 14.1. The summed E-state index contributed by atoms with van der Waals surface area (Å²) in [4.78, 5) is 42.0. The monoisotopic (exact) mass is 601 g/mol. The number of carbonyl (C=O) groups excluding carboxylic acids is 2. The van der Waals surface area contributed by atoms with Gasteiger partial charge in [0.25, 0.3) is 11.6 Å². The van der Waals surface area contributed by atoms with E-state index < -0.39 is 22.9 Å². The van der Waals surface area contributed by atoms with Crippen LogP contribution in [0.3, 0.4) is 0 Å². The zero-order valence-electron chi connectivity index (χ0n) is 23.7. The number of esters is 1. The van der Waals surface area contributed by atoms with E-state index in [4.69, 9.17) is 30.8 Å². The molecule has 0 spiro atoms. The lowest BCUT2D eigenvalue weighted by molar-refractivity contribution is -0.384. The Kier molecular flexibility index (Phi) is 8.58. The predicted octanol–water partition coefficient (Wildman–Crippen LogP) is 6.87. The summed E-state index contributed by atoms with van der Waals surface area (Å²) in [7, 11) is 3.16. The Morgan fingerprint density at radius 3 is 2.53 bits per heavy atom. The molecule has 5 rings (SSSR count). The van der Waals surface area contributed by atoms with Crippen molar-refractivity contribution in [2.45, 2.75) is 32.3 Å². The molecule has 0 radical (unpaired) electrons. The van der Waals surface area contributed by atoms with Gasteiger partial charge >= 0.3 is 5.97 Å². The number of halogens is 1. The highest BCUT2D eigenvalue weighted by Crippen LogP contribution is 2.38. The molecule has 43 heavy (non-hydrogen) atoms. The Balaban J connectivity index is 1.46. The van der Waals surface area contributed by atoms with Gasteiger partial charge in [-0.2, -0.15) is 0 Å². The van der Waals surface area contributed by atoms with E-state index in [0.29, 0.717) is 40.1 Å². The first-order valence-corrected chi connectivity index (χ1v) is 13.9. The summed E-state index contributed by atoms with van der Waals surface area (Å²) in [6.07, 6.45) is 3.00. The number of pyridine rings is 1. The van der Waals surface area contributed by atoms with Gasteiger partial charge in [0.15, 0.2) is 17.6 Å². The van der Waals surface area contributed by atoms with Crippen molar-refractivity contribution in [3.63, 3.8) is 0 Å². The predicted molar refractivity (Wildman–Crippen MR) is 164 cm³/mol. The molecule has 1 aliphatic rings. The number of para-hydroxylation sites is 1. The number of allylic oxidation sites excluding steroid dienone is 1. The van der Waals surface area contributed by atoms with Crippen LogP contribution in [-0.4, -0.2) is 42.1 Å². The van der Waals surface area contributed by atoms with E-state index in [9.17, 15) is 19.7 Å². The van der Waals surface area contributed by atoms with E-state index >= 15 is 0 Å². The number of carbonyl (C=O) groups is 2. The van der Waals surface area contributed by atoms with Crippen LogP contribution in [0.5, 0.6) is 11.5 Å². The molecule has 0 saturated heterocycles. The van der Waals surface area contributed by atoms with Gasteiger partial charge in [-0.25, -0.2) is 9.78 Å². The van der Waals surface area contributed by atoms with Crippen molar-refractivity contribution in [3.8, 4) is 11.5 Å². The molecule has 1 aromatic heterocycles. The van der Waals surface area contributed by atoms with Crippen LogP contribution in [0.1, 0.15) is 46.9 Å². The maximum atomic E-state index is 13.7. The van der Waals surface area contributed by atoms with Crippen molar-refractivity contribution in [1.29, 1.82) is 0 Å². The highest BCUT2D eigenvalue weighted by Gasteiger charge is 2.28. The smallest absolute Gasteiger partial charge is 0.339 e. The molecule has 11 heteroatoms. The number of nitro benzene ring substituents is 1. The second-order valence-corrected chi connectivity index (χ2v) is 10.3. The van der Waals surface area contributed by atoms with Gasteiger partial charge in [-0.3, -0.25) is 14.9 Å². The third-order valence-corrected chi connectivity index (χ3v) is 7.51. The number of nitro groups is 1. The number of hydrogen-bond donors (Lipinski definition) is 1. The third kappa shape index (κ3) is 6.14. The lowest BCUT2D eigenvalue weighted by Crippen LogP contribution is -2.30. The van der Waals surface area contributed by atoms with Crippen LogP contribution in [0.15, 0.2) is 60.7 Å². The molecule has 1 amide bonds. The van der Waals surface area contributed by atoms with Crippen LogP contribution < -0.4 is 14.8 Å². The number of ether oxygens (including phenoxy) is 3. The number of rotatable bonds is 8. The van der Waals surface area contributed by atoms with Crippen molar-refractivity contribution in [1.82, 2.24) is 4.98 Å². The largest absolute Gasteiger partial charge is 0.493 e. The molecular formula is C32H28ClN3O7. The standard InChI is InChI=1S/C32H28ClN3O7/c1-18(31(37)35-26-13-12-21(36(39)40)17-24(26)33)43-32(38)29-22-8-4-5-10-25(22)34-30-20(7-6-9-23(29)30)15-19-11-14-27(41-2)28(16-19)42-3/h4-5,8,10-18H,6-7,9H2,1-3H3,(H,35,37)/b20-15-/t18-/m1/s1. The van der Waals surface area contributed by atoms with Gasteiger partial charge in [-0.05, 0) is 73.2 Å². The molecule has 0 unspecified atom stereocenters. The highest BCUT2D eigenvalue weighted by atomic mass is 35.5. The van der Waals surface area contributed by atoms with E-state index in [-0.39, 0.29) is 16.4 Å². The fourth-order valence-corrected chi connectivity index (χ4v) is 5.30. The first-order chi connectivity index (χ1) is 20.7. The summed E-state index contributed by atoms with van der Waals surface area (Å²) in [5.41, 5.74) is 4.28. The minimum Gasteiger partial charge on any atom is -0.493 e. The SMILES string of the molecule is COc1ccc(/C=C2/CCCc3c2nc2ccccc2c3C(=O)O[C@H](C)C(=O)Nc2ccc([N+](=O)[O-])cc2Cl)cc1OC. The average Bonchev–Trinajstić information content (AvgIpc) is 3.00. The van der Waals surface area contributed by atoms with Gasteiger partial charge in [-0.1, -0.05) is 35.9 Å². The number of benzene rings is 3. The van der Waals surface area contributed by atoms with E-state index in [0.717, 1.165) is 35.6 Å². The Morgan fingerprint density at radius 1 is 1.05 bits per heavy atom. The zero-order chi connectivity index (χ0) is 30.7. The van der Waals surface area contributed by atoms with Crippen LogP contribution in [0.2, 0.25) is 5.02 Å². The maximum absolute atomic E-state index is 13.7. The lowest BCUT2D eigenvalue weighted by atomic mass is 9.86. The van der Waals surface area contributed by atoms with E-state index in [1.807, 2.05) is 48.5 Å². The second-order valence-electron chi connectivity index (χ2n) is 9.93. The quantitative estimate of drug-likeness (QED) is 0.131. The minimum absolute atomic E-state index is 0.0101. The molecule has 0 saturated carbocycles. The van der Waals surface area contributed by atoms with Crippen LogP contribution >= 0.6 is 11.6 Å². The number of anilines is 1. The fourth-order valence-electron chi connectivity index (χ4n) is 5.08. The molecule has 0 fully saturated rings. The second kappa shape index (κ2) is 12.5. The van der Waals surface area contributed by atoms with Crippen molar-refractivity contribution < 1.29 is 28.7 Å². The summed E-state index contributed by atoms with van der Waals surface area (Å²) in [6.45, 7) is 1.45. The van der Waals surface area contributed by atoms with Gasteiger partial charge in [0.1, 0.15) is 0 Å². The summed E-state index contributed by atoms with van der Waals surface area (Å²) in [6, 6.07) is 16.6. The number of amides is 1. The Bertz CT molecular complexity index is 1790. The van der Waals surface area contributed by atoms with E-state index in [1.165, 1.54) is 19.1 Å². The van der Waals surface area contributed by atoms with Crippen LogP contribution in [0.4, 0.5) is 11.4 Å². The van der Waals surface area contributed by atoms with Crippen molar-refractivity contribution in [3.05, 3.63) is 98.2 Å². The average molecular weight is 602 g/mol. The molecule has 4 aromatic rings. The number of fused-ring (bicyclic) bond motifs is 2. The van der Waals surface area contributed by atoms with Crippen molar-refractivity contribution >= 4 is 57.4 Å². The number of nitrogens with zero attached hydrogens (tertiary/aromatic N) is 2. The third-order valence-electron chi connectivity index (χ3n) is 7.20. The lowest BCUT2D eigenvalue weighted by Gasteiger charge is -2.23. The summed E-state index contributed by atoms with van der Waals surface area (Å²) < 4.78 is 16.5. The zero-order valence-corrected chi connectivity index (χ0v) is 24.4. The number of nitrogens with one attached hydrogen (secondary N) is 1. The molecule has 0 bridgehead atoms. The summed E-state index contributed by atoms with van der Waals surface area (Å²) >= 11 is 6.12. The van der Waals surface area contributed by atoms with Gasteiger partial charge in [0.2, 0.25) is 0 Å². The van der Waals surface area contributed by atoms with E-state index in [1.54, 1.807) is 14.2 Å². The Labute approximate surface area is 252 Å². The highest BCUT2D eigenvalue weighted by molar-refractivity contribution is 6.34. The molecule has 220 valence electrons. The van der Waals surface area contributed by atoms with Gasteiger partial charge in [0.05, 0.1) is 46.6 Å². The first kappa shape index (κ1) is 29.5. The summed E-state index contributed by atoms with van der Waals surface area (Å²) in [5, 5.41) is 14.2. The van der Waals surface area contributed by atoms with Gasteiger partial charge in [-0.15, -0.1) is 0 Å². The molecule has 1 N–H and O–H groups in total. The Hall–Kier alpha value is -4.96. The Morgan fingerprint density at radius 2 is 1.81 bits per heavy atom. The summed E-state index contributed by atoms with van der Waals surface area (Å²) in [5.74, 6) is -0.0622. The number of aromatic nitrogens is 1. The topological polar surface area (TPSA) is 130 Å². The molecular weight excluding hydrogens is 574 g/mol. The molecule has 10 nitrogen and oxygen atoms in total. The van der Waals surface area contributed by atoms with Crippen molar-refractivity contribution in [2.24, 2.45) is 0 Å². The van der Waals surface area contributed by atoms with Crippen LogP contribution in [-0.2, 0) is 16.0 Å². The van der Waals surface area contributed by atoms with Crippen LogP contribution in [0.25, 0.3) is 22.6 Å². The molecule has 1 atom stereocenters. The van der Waals surface area contributed by atoms with Crippen LogP contribution in [0, 0.1) is 10.1 Å². The number of non-ortho nitro benzene ring substituents is 1. The first-order valence-electron chi connectivity index (χ1n) is 13.5. The van der Waals surface area contributed by atoms with Gasteiger partial charge < -0.3 is 19.5 Å². The molecule has 1 aliphatic carbocycles. The molecule has 3 aromatic carbocycles. The van der Waals surface area contributed by atoms with E-state index in [2.05, 4.69) is 5.32 Å². The maximum Gasteiger partial charge on any atom is 0.339 e. The number of hydrogen-bond acceptors (Lipinski definition) is 8. The molecule has 0 aliphatic heterocycles. The van der Waals surface area contributed by atoms with Gasteiger partial charge in [0, 0.05) is 17.5 Å². The number of methoxy groups -OCH3 is 2. The molecule has 1 heterocycles. The fraction of sp³-hybridized carbons (Fsp3) is 0.219. The van der Waals surface area contributed by atoms with Crippen molar-refractivity contribution in [2.75, 3.05) is 19.5 Å². The minimum atomic E-state index is -1.19.